The monoisotopic (exact) mass is 494 g/mol. The predicted molar refractivity (Wildman–Crippen MR) is 136 cm³/mol. The van der Waals surface area contributed by atoms with E-state index in [0.717, 1.165) is 0 Å². The highest BCUT2D eigenvalue weighted by Crippen LogP contribution is 2.61. The Morgan fingerprint density at radius 3 is 1.94 bits per heavy atom. The van der Waals surface area contributed by atoms with E-state index in [1.165, 1.54) is 22.1 Å². The van der Waals surface area contributed by atoms with E-state index in [9.17, 15) is 4.57 Å². The first-order chi connectivity index (χ1) is 15.3. The molecule has 0 amide bonds. The van der Waals surface area contributed by atoms with Crippen LogP contribution in [0, 0.1) is 5.41 Å². The average Bonchev–Trinajstić information content (AvgIpc) is 3.25. The molecule has 1 aliphatic heterocycles. The van der Waals surface area contributed by atoms with Gasteiger partial charge in [-0.15, -0.1) is 11.8 Å². The second-order valence-corrected chi connectivity index (χ2v) is 14.9. The molecule has 0 N–H and O–H groups in total. The third-order valence-corrected chi connectivity index (χ3v) is 11.9. The summed E-state index contributed by atoms with van der Waals surface area (Å²) in [5, 5.41) is 1.87. The lowest BCUT2D eigenvalue weighted by atomic mass is 9.87. The number of ether oxygens (including phenoxy) is 1. The lowest BCUT2D eigenvalue weighted by Gasteiger charge is -2.37. The van der Waals surface area contributed by atoms with Crippen molar-refractivity contribution >= 4 is 38.8 Å². The Morgan fingerprint density at radius 2 is 1.50 bits per heavy atom. The van der Waals surface area contributed by atoms with Crippen LogP contribution in [0.5, 0.6) is 0 Å². The van der Waals surface area contributed by atoms with Crippen molar-refractivity contribution in [2.45, 2.75) is 51.1 Å². The van der Waals surface area contributed by atoms with E-state index < -0.39 is 21.8 Å². The van der Waals surface area contributed by atoms with Crippen LogP contribution in [0.4, 0.5) is 0 Å². The first-order valence-corrected chi connectivity index (χ1v) is 15.4. The highest BCUT2D eigenvalue weighted by molar-refractivity contribution is 8.06. The number of thioether (sulfide) groups is 1. The predicted octanol–water partition coefficient (Wildman–Crippen LogP) is 4.64. The Bertz CT molecular complexity index is 827. The minimum absolute atomic E-state index is 0.0247. The van der Waals surface area contributed by atoms with E-state index in [2.05, 4.69) is 69.3 Å². The molecule has 0 aromatic heterocycles. The highest BCUT2D eigenvalue weighted by Gasteiger charge is 2.48. The Hall–Kier alpha value is -0.923. The molecule has 0 radical (unpaired) electrons. The summed E-state index contributed by atoms with van der Waals surface area (Å²) in [6, 6.07) is 21.0. The fraction of sp³-hybridized carbons (Fsp3) is 0.500. The summed E-state index contributed by atoms with van der Waals surface area (Å²) in [5.41, 5.74) is -0.133. The van der Waals surface area contributed by atoms with Crippen molar-refractivity contribution < 1.29 is 22.8 Å². The van der Waals surface area contributed by atoms with Gasteiger partial charge in [-0.25, -0.2) is 0 Å². The average molecular weight is 495 g/mol. The summed E-state index contributed by atoms with van der Waals surface area (Å²) in [6.45, 7) is 11.3. The molecule has 8 heteroatoms. The van der Waals surface area contributed by atoms with Gasteiger partial charge in [0, 0.05) is 0 Å². The van der Waals surface area contributed by atoms with Gasteiger partial charge in [-0.2, -0.15) is 0 Å². The van der Waals surface area contributed by atoms with Gasteiger partial charge in [0.05, 0.1) is 31.2 Å². The Balaban J connectivity index is 1.87. The van der Waals surface area contributed by atoms with E-state index in [0.29, 0.717) is 19.8 Å². The van der Waals surface area contributed by atoms with E-state index in [1.54, 1.807) is 0 Å². The number of rotatable bonds is 10. The molecule has 0 spiro atoms. The first-order valence-electron chi connectivity index (χ1n) is 11.2. The molecule has 32 heavy (non-hydrogen) atoms. The van der Waals surface area contributed by atoms with Crippen LogP contribution in [0.1, 0.15) is 34.6 Å². The Kier molecular flexibility index (Phi) is 9.21. The molecule has 0 aliphatic carbocycles. The zero-order valence-corrected chi connectivity index (χ0v) is 22.5. The largest absolute Gasteiger partial charge is 0.406 e. The summed E-state index contributed by atoms with van der Waals surface area (Å²) in [4.78, 5) is 0. The third-order valence-electron chi connectivity index (χ3n) is 5.25. The molecule has 1 fully saturated rings. The van der Waals surface area contributed by atoms with Crippen molar-refractivity contribution in [1.82, 2.24) is 0 Å². The van der Waals surface area contributed by atoms with Crippen LogP contribution in [0.15, 0.2) is 60.7 Å². The molecular weight excluding hydrogens is 459 g/mol. The van der Waals surface area contributed by atoms with Crippen LogP contribution < -0.4 is 10.4 Å². The zero-order valence-electron chi connectivity index (χ0n) is 19.6. The molecule has 0 saturated carbocycles. The highest BCUT2D eigenvalue weighted by atomic mass is 32.2. The quantitative estimate of drug-likeness (QED) is 0.354. The van der Waals surface area contributed by atoms with Gasteiger partial charge < -0.3 is 18.2 Å². The minimum atomic E-state index is -3.35. The summed E-state index contributed by atoms with van der Waals surface area (Å²) < 4.78 is 37.4. The van der Waals surface area contributed by atoms with Crippen LogP contribution in [0.25, 0.3) is 0 Å². The Morgan fingerprint density at radius 1 is 1.00 bits per heavy atom. The molecule has 1 saturated heterocycles. The fourth-order valence-electron chi connectivity index (χ4n) is 3.85. The summed E-state index contributed by atoms with van der Waals surface area (Å²) in [5.74, 6) is 0. The summed E-state index contributed by atoms with van der Waals surface area (Å²) in [6.07, 6.45) is -0.0914. The molecule has 3 atom stereocenters. The van der Waals surface area contributed by atoms with Crippen LogP contribution in [0.3, 0.4) is 0 Å². The van der Waals surface area contributed by atoms with Crippen molar-refractivity contribution in [2.75, 3.05) is 19.8 Å². The molecule has 1 heterocycles. The maximum atomic E-state index is 13.3. The van der Waals surface area contributed by atoms with Crippen molar-refractivity contribution in [3.63, 3.8) is 0 Å². The van der Waals surface area contributed by atoms with Gasteiger partial charge in [-0.3, -0.25) is 4.57 Å². The van der Waals surface area contributed by atoms with E-state index in [4.69, 9.17) is 18.2 Å². The second-order valence-electron chi connectivity index (χ2n) is 8.81. The maximum absolute atomic E-state index is 13.3. The molecule has 176 valence electrons. The van der Waals surface area contributed by atoms with Gasteiger partial charge in [-0.1, -0.05) is 81.4 Å². The van der Waals surface area contributed by atoms with E-state index in [-0.39, 0.29) is 16.8 Å². The SMILES string of the molecule is CCOP(=O)(OCC)[C@@H]1OC[C@@H](C(O[SiH](c2ccccc2)c2ccccc2)C(C)(C)C)S1. The van der Waals surface area contributed by atoms with Crippen LogP contribution in [-0.4, -0.2) is 45.4 Å². The smallest absolute Gasteiger partial charge is 0.369 e. The molecule has 1 aliphatic rings. The number of benzene rings is 2. The van der Waals surface area contributed by atoms with Gasteiger partial charge in [0.25, 0.3) is 0 Å². The van der Waals surface area contributed by atoms with Crippen molar-refractivity contribution in [1.29, 1.82) is 0 Å². The Labute approximate surface area is 198 Å². The van der Waals surface area contributed by atoms with Gasteiger partial charge in [0.15, 0.2) is 0 Å². The van der Waals surface area contributed by atoms with Crippen LogP contribution in [0.2, 0.25) is 0 Å². The molecule has 0 bridgehead atoms. The van der Waals surface area contributed by atoms with Gasteiger partial charge in [-0.05, 0) is 29.6 Å². The van der Waals surface area contributed by atoms with Crippen molar-refractivity contribution in [3.05, 3.63) is 60.7 Å². The summed E-state index contributed by atoms with van der Waals surface area (Å²) in [7, 11) is -5.30. The standard InChI is InChI=1S/C24H35O5PSSi/c1-6-27-30(25,28-7-2)23-26-18-21(31-23)22(24(3,4)5)29-32(19-14-10-8-11-15-19)20-16-12-9-13-17-20/h8-17,21-23,32H,6-7,18H2,1-5H3/t21-,22?,23-/m0/s1. The van der Waals surface area contributed by atoms with Crippen LogP contribution in [-0.2, 0) is 22.8 Å². The lowest BCUT2D eigenvalue weighted by Crippen LogP contribution is -2.52. The van der Waals surface area contributed by atoms with Gasteiger partial charge >= 0.3 is 7.60 Å². The maximum Gasteiger partial charge on any atom is 0.369 e. The third kappa shape index (κ3) is 6.35. The van der Waals surface area contributed by atoms with Crippen molar-refractivity contribution in [2.24, 2.45) is 5.41 Å². The van der Waals surface area contributed by atoms with Gasteiger partial charge in [0.2, 0.25) is 14.2 Å². The topological polar surface area (TPSA) is 54.0 Å². The molecule has 1 unspecified atom stereocenters. The molecule has 5 nitrogen and oxygen atoms in total. The van der Waals surface area contributed by atoms with Gasteiger partial charge in [0.1, 0.15) is 0 Å². The summed E-state index contributed by atoms with van der Waals surface area (Å²) >= 11 is 1.53. The molecule has 2 aromatic carbocycles. The fourth-order valence-corrected chi connectivity index (χ4v) is 10.7. The molecular formula is C24H35O5PSSi. The van der Waals surface area contributed by atoms with E-state index >= 15 is 0 Å². The molecule has 3 rings (SSSR count). The van der Waals surface area contributed by atoms with Crippen LogP contribution >= 0.6 is 19.4 Å². The van der Waals surface area contributed by atoms with E-state index in [1.807, 2.05) is 26.0 Å². The zero-order chi connectivity index (χ0) is 23.2. The number of hydrogen-bond donors (Lipinski definition) is 0. The molecule has 2 aromatic rings. The second kappa shape index (κ2) is 11.5. The minimum Gasteiger partial charge on any atom is -0.406 e. The first kappa shape index (κ1) is 25.7. The normalized spacial score (nSPS) is 20.6. The number of hydrogen-bond acceptors (Lipinski definition) is 6. The van der Waals surface area contributed by atoms with Crippen molar-refractivity contribution in [3.8, 4) is 0 Å². The lowest BCUT2D eigenvalue weighted by molar-refractivity contribution is 0.0590.